The first-order valence-corrected chi connectivity index (χ1v) is 5.69. The van der Waals surface area contributed by atoms with E-state index in [4.69, 9.17) is 11.6 Å². The van der Waals surface area contributed by atoms with Crippen molar-refractivity contribution in [1.82, 2.24) is 9.88 Å². The van der Waals surface area contributed by atoms with E-state index in [1.165, 1.54) is 11.3 Å². The van der Waals surface area contributed by atoms with Gasteiger partial charge >= 0.3 is 0 Å². The summed E-state index contributed by atoms with van der Waals surface area (Å²) in [6.45, 7) is 1.74. The zero-order valence-corrected chi connectivity index (χ0v) is 10.0. The molecule has 0 bridgehead atoms. The van der Waals surface area contributed by atoms with Gasteiger partial charge in [-0.2, -0.15) is 0 Å². The first-order valence-electron chi connectivity index (χ1n) is 5.31. The Bertz CT molecular complexity index is 445. The van der Waals surface area contributed by atoms with Crippen LogP contribution in [0.2, 0.25) is 5.02 Å². The van der Waals surface area contributed by atoms with Crippen molar-refractivity contribution in [3.63, 3.8) is 0 Å². The molecule has 3 heteroatoms. The molecule has 0 saturated heterocycles. The topological polar surface area (TPSA) is 17.0 Å². The number of rotatable bonds is 4. The fourth-order valence-electron chi connectivity index (χ4n) is 1.62. The predicted octanol–water partition coefficient (Wildman–Crippen LogP) is 2.97. The third kappa shape index (κ3) is 2.87. The highest BCUT2D eigenvalue weighted by Crippen LogP contribution is 2.09. The summed E-state index contributed by atoms with van der Waals surface area (Å²) in [5.41, 5.74) is 2.53. The Morgan fingerprint density at radius 1 is 1.12 bits per heavy atom. The van der Waals surface area contributed by atoms with Gasteiger partial charge in [-0.15, -0.1) is 0 Å². The van der Waals surface area contributed by atoms with Crippen LogP contribution < -0.4 is 5.32 Å². The maximum absolute atomic E-state index is 5.82. The maximum atomic E-state index is 5.82. The van der Waals surface area contributed by atoms with Crippen molar-refractivity contribution < 1.29 is 0 Å². The normalized spacial score (nSPS) is 10.6. The van der Waals surface area contributed by atoms with Gasteiger partial charge in [0.15, 0.2) is 0 Å². The third-order valence-electron chi connectivity index (χ3n) is 2.60. The van der Waals surface area contributed by atoms with E-state index in [2.05, 4.69) is 35.3 Å². The molecule has 0 saturated carbocycles. The van der Waals surface area contributed by atoms with Gasteiger partial charge in [-0.1, -0.05) is 23.7 Å². The predicted molar refractivity (Wildman–Crippen MR) is 67.4 cm³/mol. The first-order chi connectivity index (χ1) is 7.75. The van der Waals surface area contributed by atoms with Crippen LogP contribution in [0.4, 0.5) is 0 Å². The largest absolute Gasteiger partial charge is 0.353 e. The van der Waals surface area contributed by atoms with E-state index >= 15 is 0 Å². The number of benzene rings is 1. The van der Waals surface area contributed by atoms with Crippen LogP contribution in [0.5, 0.6) is 0 Å². The molecule has 0 unspecified atom stereocenters. The molecule has 1 aromatic carbocycles. The average molecular weight is 235 g/mol. The molecule has 0 aliphatic carbocycles. The molecule has 2 rings (SSSR count). The van der Waals surface area contributed by atoms with E-state index in [1.54, 1.807) is 0 Å². The summed E-state index contributed by atoms with van der Waals surface area (Å²) < 4.78 is 2.12. The molecule has 0 aliphatic rings. The van der Waals surface area contributed by atoms with Crippen LogP contribution in [-0.2, 0) is 20.1 Å². The second-order valence-corrected chi connectivity index (χ2v) is 4.28. The number of aromatic nitrogens is 1. The van der Waals surface area contributed by atoms with Gasteiger partial charge in [0.25, 0.3) is 0 Å². The van der Waals surface area contributed by atoms with Crippen LogP contribution in [0.15, 0.2) is 42.6 Å². The summed E-state index contributed by atoms with van der Waals surface area (Å²) in [6, 6.07) is 12.1. The molecule has 0 amide bonds. The molecule has 1 heterocycles. The summed E-state index contributed by atoms with van der Waals surface area (Å²) in [5.74, 6) is 0. The quantitative estimate of drug-likeness (QED) is 0.861. The van der Waals surface area contributed by atoms with E-state index in [9.17, 15) is 0 Å². The Hall–Kier alpha value is -1.25. The lowest BCUT2D eigenvalue weighted by Crippen LogP contribution is -2.14. The second-order valence-electron chi connectivity index (χ2n) is 3.84. The van der Waals surface area contributed by atoms with Crippen LogP contribution in [0.25, 0.3) is 0 Å². The second kappa shape index (κ2) is 5.19. The Balaban J connectivity index is 1.84. The minimum atomic E-state index is 0.784. The van der Waals surface area contributed by atoms with Gasteiger partial charge in [0.1, 0.15) is 0 Å². The SMILES string of the molecule is Cn1cccc1CNCc1ccc(Cl)cc1. The highest BCUT2D eigenvalue weighted by molar-refractivity contribution is 6.30. The van der Waals surface area contributed by atoms with E-state index in [1.807, 2.05) is 24.3 Å². The summed E-state index contributed by atoms with van der Waals surface area (Å²) in [7, 11) is 2.05. The smallest absolute Gasteiger partial charge is 0.0406 e. The molecule has 0 fully saturated rings. The molecule has 0 spiro atoms. The highest BCUT2D eigenvalue weighted by atomic mass is 35.5. The Morgan fingerprint density at radius 3 is 2.50 bits per heavy atom. The van der Waals surface area contributed by atoms with Crippen LogP contribution in [-0.4, -0.2) is 4.57 Å². The lowest BCUT2D eigenvalue weighted by atomic mass is 10.2. The van der Waals surface area contributed by atoms with Gasteiger partial charge in [0.2, 0.25) is 0 Å². The molecule has 2 nitrogen and oxygen atoms in total. The Morgan fingerprint density at radius 2 is 1.88 bits per heavy atom. The Labute approximate surface area is 101 Å². The van der Waals surface area contributed by atoms with E-state index in [0.29, 0.717) is 0 Å². The van der Waals surface area contributed by atoms with E-state index in [-0.39, 0.29) is 0 Å². The van der Waals surface area contributed by atoms with Crippen LogP contribution in [0.1, 0.15) is 11.3 Å². The number of nitrogens with one attached hydrogen (secondary N) is 1. The molecular weight excluding hydrogens is 220 g/mol. The summed E-state index contributed by atoms with van der Waals surface area (Å²) in [4.78, 5) is 0. The zero-order chi connectivity index (χ0) is 11.4. The van der Waals surface area contributed by atoms with E-state index in [0.717, 1.165) is 18.1 Å². The summed E-state index contributed by atoms with van der Waals surface area (Å²) >= 11 is 5.82. The van der Waals surface area contributed by atoms with Crippen molar-refractivity contribution in [2.75, 3.05) is 0 Å². The summed E-state index contributed by atoms with van der Waals surface area (Å²) in [6.07, 6.45) is 2.05. The van der Waals surface area contributed by atoms with Crippen molar-refractivity contribution in [2.24, 2.45) is 7.05 Å². The van der Waals surface area contributed by atoms with Crippen molar-refractivity contribution in [3.05, 3.63) is 58.9 Å². The number of nitrogens with zero attached hydrogens (tertiary/aromatic N) is 1. The molecular formula is C13H15ClN2. The van der Waals surface area contributed by atoms with Gasteiger partial charge in [0.05, 0.1) is 0 Å². The fraction of sp³-hybridized carbons (Fsp3) is 0.231. The molecule has 0 atom stereocenters. The number of aryl methyl sites for hydroxylation is 1. The van der Waals surface area contributed by atoms with Gasteiger partial charge in [-0.25, -0.2) is 0 Å². The van der Waals surface area contributed by atoms with Crippen molar-refractivity contribution in [3.8, 4) is 0 Å². The van der Waals surface area contributed by atoms with Crippen molar-refractivity contribution in [1.29, 1.82) is 0 Å². The lowest BCUT2D eigenvalue weighted by Gasteiger charge is -2.06. The molecule has 16 heavy (non-hydrogen) atoms. The van der Waals surface area contributed by atoms with Crippen molar-refractivity contribution in [2.45, 2.75) is 13.1 Å². The Kier molecular flexibility index (Phi) is 3.65. The molecule has 0 aliphatic heterocycles. The number of halogens is 1. The first kappa shape index (κ1) is 11.2. The number of hydrogen-bond acceptors (Lipinski definition) is 1. The fourth-order valence-corrected chi connectivity index (χ4v) is 1.74. The third-order valence-corrected chi connectivity index (χ3v) is 2.85. The van der Waals surface area contributed by atoms with Crippen LogP contribution in [0, 0.1) is 0 Å². The van der Waals surface area contributed by atoms with Gasteiger partial charge in [0, 0.05) is 37.1 Å². The van der Waals surface area contributed by atoms with E-state index < -0.39 is 0 Å². The zero-order valence-electron chi connectivity index (χ0n) is 9.28. The minimum absolute atomic E-state index is 0.784. The molecule has 1 aromatic heterocycles. The molecule has 0 radical (unpaired) electrons. The van der Waals surface area contributed by atoms with Crippen LogP contribution in [0.3, 0.4) is 0 Å². The molecule has 1 N–H and O–H groups in total. The standard InChI is InChI=1S/C13H15ClN2/c1-16-8-2-3-13(16)10-15-9-11-4-6-12(14)7-5-11/h2-8,15H,9-10H2,1H3. The monoisotopic (exact) mass is 234 g/mol. The van der Waals surface area contributed by atoms with Gasteiger partial charge in [-0.05, 0) is 29.8 Å². The van der Waals surface area contributed by atoms with Crippen LogP contribution >= 0.6 is 11.6 Å². The van der Waals surface area contributed by atoms with Gasteiger partial charge in [-0.3, -0.25) is 0 Å². The summed E-state index contributed by atoms with van der Waals surface area (Å²) in [5, 5.41) is 4.18. The number of hydrogen-bond donors (Lipinski definition) is 1. The van der Waals surface area contributed by atoms with Gasteiger partial charge < -0.3 is 9.88 Å². The minimum Gasteiger partial charge on any atom is -0.353 e. The average Bonchev–Trinajstić information content (AvgIpc) is 2.68. The van der Waals surface area contributed by atoms with Crippen molar-refractivity contribution >= 4 is 11.6 Å². The molecule has 84 valence electrons. The highest BCUT2D eigenvalue weighted by Gasteiger charge is 1.97. The molecule has 2 aromatic rings. The maximum Gasteiger partial charge on any atom is 0.0406 e. The lowest BCUT2D eigenvalue weighted by molar-refractivity contribution is 0.655.